The van der Waals surface area contributed by atoms with Gasteiger partial charge in [0.05, 0.1) is 28.5 Å². The molecule has 4 nitrogen and oxygen atoms in total. The Kier molecular flexibility index (Phi) is 4.15. The zero-order valence-electron chi connectivity index (χ0n) is 14.9. The van der Waals surface area contributed by atoms with E-state index in [1.807, 2.05) is 36.9 Å². The summed E-state index contributed by atoms with van der Waals surface area (Å²) in [7, 11) is 0. The van der Waals surface area contributed by atoms with Gasteiger partial charge < -0.3 is 4.90 Å². The SMILES string of the molecule is Cc1nc2ccc(C(=O)N3CCC[C@@H]3c3ccc(F)cc3)cc2nc1C. The summed E-state index contributed by atoms with van der Waals surface area (Å²) < 4.78 is 13.2. The number of aryl methyl sites for hydroxylation is 2. The molecule has 1 atom stereocenters. The summed E-state index contributed by atoms with van der Waals surface area (Å²) >= 11 is 0. The molecule has 3 aromatic rings. The Balaban J connectivity index is 1.66. The molecule has 132 valence electrons. The Morgan fingerprint density at radius 2 is 1.73 bits per heavy atom. The molecule has 1 aliphatic rings. The lowest BCUT2D eigenvalue weighted by Crippen LogP contribution is -2.30. The lowest BCUT2D eigenvalue weighted by molar-refractivity contribution is 0.0736. The van der Waals surface area contributed by atoms with Crippen molar-refractivity contribution >= 4 is 16.9 Å². The zero-order chi connectivity index (χ0) is 18.3. The molecule has 1 saturated heterocycles. The number of halogens is 1. The van der Waals surface area contributed by atoms with Crippen LogP contribution in [0.25, 0.3) is 11.0 Å². The molecule has 1 amide bonds. The van der Waals surface area contributed by atoms with E-state index in [0.29, 0.717) is 12.1 Å². The fraction of sp³-hybridized carbons (Fsp3) is 0.286. The second-order valence-electron chi connectivity index (χ2n) is 6.81. The van der Waals surface area contributed by atoms with E-state index in [0.717, 1.165) is 40.8 Å². The maximum Gasteiger partial charge on any atom is 0.254 e. The van der Waals surface area contributed by atoms with Crippen molar-refractivity contribution in [3.63, 3.8) is 0 Å². The van der Waals surface area contributed by atoms with Crippen molar-refractivity contribution in [1.82, 2.24) is 14.9 Å². The monoisotopic (exact) mass is 349 g/mol. The molecule has 1 aromatic heterocycles. The largest absolute Gasteiger partial charge is 0.332 e. The third-order valence-electron chi connectivity index (χ3n) is 5.09. The maximum atomic E-state index is 13.2. The van der Waals surface area contributed by atoms with E-state index in [1.165, 1.54) is 12.1 Å². The molecule has 2 heterocycles. The minimum Gasteiger partial charge on any atom is -0.332 e. The number of amides is 1. The molecule has 4 rings (SSSR count). The fourth-order valence-corrected chi connectivity index (χ4v) is 3.57. The lowest BCUT2D eigenvalue weighted by atomic mass is 10.0. The van der Waals surface area contributed by atoms with Gasteiger partial charge in [0.15, 0.2) is 0 Å². The molecule has 0 spiro atoms. The summed E-state index contributed by atoms with van der Waals surface area (Å²) in [5, 5.41) is 0. The smallest absolute Gasteiger partial charge is 0.254 e. The van der Waals surface area contributed by atoms with Gasteiger partial charge >= 0.3 is 0 Å². The van der Waals surface area contributed by atoms with Crippen molar-refractivity contribution in [3.8, 4) is 0 Å². The van der Waals surface area contributed by atoms with Crippen LogP contribution in [0.5, 0.6) is 0 Å². The molecule has 0 bridgehead atoms. The normalized spacial score (nSPS) is 17.0. The Hall–Kier alpha value is -2.82. The number of carbonyl (C=O) groups excluding carboxylic acids is 1. The predicted octanol–water partition coefficient (Wildman–Crippen LogP) is 4.36. The van der Waals surface area contributed by atoms with E-state index >= 15 is 0 Å². The highest BCUT2D eigenvalue weighted by Gasteiger charge is 2.30. The molecular formula is C21H20FN3O. The van der Waals surface area contributed by atoms with E-state index in [-0.39, 0.29) is 17.8 Å². The fourth-order valence-electron chi connectivity index (χ4n) is 3.57. The van der Waals surface area contributed by atoms with Gasteiger partial charge in [-0.3, -0.25) is 4.79 Å². The number of carbonyl (C=O) groups is 1. The molecule has 0 N–H and O–H groups in total. The molecule has 0 aliphatic carbocycles. The van der Waals surface area contributed by atoms with E-state index in [2.05, 4.69) is 9.97 Å². The first kappa shape index (κ1) is 16.6. The number of fused-ring (bicyclic) bond motifs is 1. The van der Waals surface area contributed by atoms with Gasteiger partial charge in [-0.1, -0.05) is 12.1 Å². The lowest BCUT2D eigenvalue weighted by Gasteiger charge is -2.25. The van der Waals surface area contributed by atoms with Crippen LogP contribution in [-0.4, -0.2) is 27.3 Å². The average molecular weight is 349 g/mol. The standard InChI is InChI=1S/C21H20FN3O/c1-13-14(2)24-19-12-16(7-10-18(19)23-13)21(26)25-11-3-4-20(25)15-5-8-17(22)9-6-15/h5-10,12,20H,3-4,11H2,1-2H3/t20-/m1/s1. The van der Waals surface area contributed by atoms with Gasteiger partial charge in [-0.15, -0.1) is 0 Å². The molecule has 1 fully saturated rings. The van der Waals surface area contributed by atoms with Gasteiger partial charge in [0.1, 0.15) is 5.82 Å². The molecule has 0 unspecified atom stereocenters. The third-order valence-corrected chi connectivity index (χ3v) is 5.09. The predicted molar refractivity (Wildman–Crippen MR) is 98.4 cm³/mol. The van der Waals surface area contributed by atoms with Crippen LogP contribution in [-0.2, 0) is 0 Å². The summed E-state index contributed by atoms with van der Waals surface area (Å²) in [6.45, 7) is 4.55. The number of benzene rings is 2. The minimum atomic E-state index is -0.261. The van der Waals surface area contributed by atoms with E-state index in [9.17, 15) is 9.18 Å². The number of nitrogens with zero attached hydrogens (tertiary/aromatic N) is 3. The second kappa shape index (κ2) is 6.48. The number of rotatable bonds is 2. The highest BCUT2D eigenvalue weighted by molar-refractivity contribution is 5.97. The van der Waals surface area contributed by atoms with Crippen molar-refractivity contribution < 1.29 is 9.18 Å². The van der Waals surface area contributed by atoms with E-state index in [4.69, 9.17) is 0 Å². The van der Waals surface area contributed by atoms with Gasteiger partial charge in [-0.25, -0.2) is 14.4 Å². The molecule has 0 radical (unpaired) electrons. The van der Waals surface area contributed by atoms with Crippen molar-refractivity contribution in [1.29, 1.82) is 0 Å². The van der Waals surface area contributed by atoms with Crippen LogP contribution >= 0.6 is 0 Å². The van der Waals surface area contributed by atoms with Crippen LogP contribution in [0.1, 0.15) is 46.2 Å². The molecule has 1 aliphatic heterocycles. The first-order valence-electron chi connectivity index (χ1n) is 8.84. The first-order chi connectivity index (χ1) is 12.5. The minimum absolute atomic E-state index is 0.00960. The number of likely N-dealkylation sites (tertiary alicyclic amines) is 1. The van der Waals surface area contributed by atoms with Gasteiger partial charge in [0, 0.05) is 12.1 Å². The van der Waals surface area contributed by atoms with E-state index < -0.39 is 0 Å². The van der Waals surface area contributed by atoms with Crippen molar-refractivity contribution in [3.05, 3.63) is 70.8 Å². The molecule has 0 saturated carbocycles. The number of aromatic nitrogens is 2. The van der Waals surface area contributed by atoms with Crippen LogP contribution in [0.2, 0.25) is 0 Å². The van der Waals surface area contributed by atoms with E-state index in [1.54, 1.807) is 12.1 Å². The zero-order valence-corrected chi connectivity index (χ0v) is 14.9. The van der Waals surface area contributed by atoms with Crippen LogP contribution in [0, 0.1) is 19.7 Å². The highest BCUT2D eigenvalue weighted by Crippen LogP contribution is 2.33. The maximum absolute atomic E-state index is 13.2. The van der Waals surface area contributed by atoms with Crippen LogP contribution in [0.4, 0.5) is 4.39 Å². The van der Waals surface area contributed by atoms with Gasteiger partial charge in [0.25, 0.3) is 5.91 Å². The summed E-state index contributed by atoms with van der Waals surface area (Å²) in [5.74, 6) is -0.276. The van der Waals surface area contributed by atoms with Crippen molar-refractivity contribution in [2.75, 3.05) is 6.54 Å². The second-order valence-corrected chi connectivity index (χ2v) is 6.81. The average Bonchev–Trinajstić information content (AvgIpc) is 3.12. The quantitative estimate of drug-likeness (QED) is 0.690. The summed E-state index contributed by atoms with van der Waals surface area (Å²) in [6, 6.07) is 11.9. The molecule has 2 aromatic carbocycles. The van der Waals surface area contributed by atoms with Crippen LogP contribution in [0.15, 0.2) is 42.5 Å². The van der Waals surface area contributed by atoms with Crippen LogP contribution in [0.3, 0.4) is 0 Å². The first-order valence-corrected chi connectivity index (χ1v) is 8.84. The molecule has 5 heteroatoms. The van der Waals surface area contributed by atoms with Gasteiger partial charge in [-0.2, -0.15) is 0 Å². The van der Waals surface area contributed by atoms with Gasteiger partial charge in [0.2, 0.25) is 0 Å². The number of hydrogen-bond donors (Lipinski definition) is 0. The van der Waals surface area contributed by atoms with Crippen molar-refractivity contribution in [2.45, 2.75) is 32.7 Å². The van der Waals surface area contributed by atoms with Crippen molar-refractivity contribution in [2.24, 2.45) is 0 Å². The molecule has 26 heavy (non-hydrogen) atoms. The number of hydrogen-bond acceptors (Lipinski definition) is 3. The Bertz CT molecular complexity index is 984. The third kappa shape index (κ3) is 2.94. The topological polar surface area (TPSA) is 46.1 Å². The Morgan fingerprint density at radius 1 is 1.04 bits per heavy atom. The van der Waals surface area contributed by atoms with Crippen LogP contribution < -0.4 is 0 Å². The highest BCUT2D eigenvalue weighted by atomic mass is 19.1. The Labute approximate surface area is 151 Å². The Morgan fingerprint density at radius 3 is 2.46 bits per heavy atom. The summed E-state index contributed by atoms with van der Waals surface area (Å²) in [6.07, 6.45) is 1.84. The van der Waals surface area contributed by atoms with Gasteiger partial charge in [-0.05, 0) is 62.6 Å². The summed E-state index contributed by atoms with van der Waals surface area (Å²) in [5.41, 5.74) is 4.88. The molecular weight excluding hydrogens is 329 g/mol. The summed E-state index contributed by atoms with van der Waals surface area (Å²) in [4.78, 5) is 24.1.